The lowest BCUT2D eigenvalue weighted by molar-refractivity contribution is -0.141. The van der Waals surface area contributed by atoms with E-state index in [0.29, 0.717) is 13.0 Å². The van der Waals surface area contributed by atoms with Crippen LogP contribution in [0, 0.1) is 5.92 Å². The zero-order chi connectivity index (χ0) is 15.5. The van der Waals surface area contributed by atoms with E-state index in [0.717, 1.165) is 6.42 Å². The van der Waals surface area contributed by atoms with E-state index < -0.39 is 11.9 Å². The number of carbonyl (C=O) groups is 3. The summed E-state index contributed by atoms with van der Waals surface area (Å²) in [5.74, 6) is -1.48. The summed E-state index contributed by atoms with van der Waals surface area (Å²) in [5, 5.41) is 11.4. The van der Waals surface area contributed by atoms with Gasteiger partial charge in [0.25, 0.3) is 0 Å². The number of aliphatic carboxylic acids is 1. The molecule has 7 heteroatoms. The maximum atomic E-state index is 12.0. The summed E-state index contributed by atoms with van der Waals surface area (Å²) in [5.41, 5.74) is 0. The number of nitrogens with zero attached hydrogens (tertiary/aromatic N) is 1. The summed E-state index contributed by atoms with van der Waals surface area (Å²) in [7, 11) is 1.27. The van der Waals surface area contributed by atoms with Crippen molar-refractivity contribution in [3.8, 4) is 0 Å². The van der Waals surface area contributed by atoms with E-state index in [9.17, 15) is 14.4 Å². The highest BCUT2D eigenvalue weighted by molar-refractivity contribution is 5.80. The molecule has 0 saturated heterocycles. The van der Waals surface area contributed by atoms with E-state index in [1.165, 1.54) is 12.0 Å². The number of amides is 2. The lowest BCUT2D eigenvalue weighted by Crippen LogP contribution is -2.45. The molecule has 2 amide bonds. The molecule has 1 atom stereocenters. The molecule has 0 aromatic rings. The Labute approximate surface area is 119 Å². The monoisotopic (exact) mass is 288 g/mol. The van der Waals surface area contributed by atoms with Crippen molar-refractivity contribution in [3.05, 3.63) is 0 Å². The number of hydrogen-bond donors (Lipinski definition) is 2. The van der Waals surface area contributed by atoms with Crippen LogP contribution in [0.1, 0.15) is 33.1 Å². The highest BCUT2D eigenvalue weighted by Gasteiger charge is 2.18. The minimum atomic E-state index is -0.883. The van der Waals surface area contributed by atoms with E-state index in [4.69, 9.17) is 5.11 Å². The van der Waals surface area contributed by atoms with Gasteiger partial charge in [-0.2, -0.15) is 0 Å². The number of hydrogen-bond acceptors (Lipinski definition) is 4. The quantitative estimate of drug-likeness (QED) is 0.619. The molecule has 2 N–H and O–H groups in total. The molecule has 0 aromatic carbocycles. The zero-order valence-corrected chi connectivity index (χ0v) is 12.3. The van der Waals surface area contributed by atoms with Gasteiger partial charge in [0.15, 0.2) is 0 Å². The molecular weight excluding hydrogens is 264 g/mol. The molecule has 20 heavy (non-hydrogen) atoms. The highest BCUT2D eigenvalue weighted by atomic mass is 16.5. The topological polar surface area (TPSA) is 95.9 Å². The molecular formula is C13H24N2O5. The van der Waals surface area contributed by atoms with Gasteiger partial charge in [-0.3, -0.25) is 9.59 Å². The van der Waals surface area contributed by atoms with E-state index in [1.807, 2.05) is 13.8 Å². The van der Waals surface area contributed by atoms with Gasteiger partial charge in [-0.15, -0.1) is 0 Å². The van der Waals surface area contributed by atoms with Gasteiger partial charge in [-0.1, -0.05) is 20.3 Å². The van der Waals surface area contributed by atoms with Crippen LogP contribution in [0.25, 0.3) is 0 Å². The first kappa shape index (κ1) is 18.2. The lowest BCUT2D eigenvalue weighted by atomic mass is 10.0. The number of rotatable bonds is 9. The Balaban J connectivity index is 4.36. The van der Waals surface area contributed by atoms with Crippen molar-refractivity contribution in [3.63, 3.8) is 0 Å². The molecule has 0 heterocycles. The highest BCUT2D eigenvalue weighted by Crippen LogP contribution is 2.07. The van der Waals surface area contributed by atoms with Crippen LogP contribution in [0.3, 0.4) is 0 Å². The molecule has 116 valence electrons. The molecule has 1 unspecified atom stereocenters. The predicted molar refractivity (Wildman–Crippen MR) is 73.3 cm³/mol. The lowest BCUT2D eigenvalue weighted by Gasteiger charge is -2.22. The predicted octanol–water partition coefficient (Wildman–Crippen LogP) is 1.08. The second kappa shape index (κ2) is 10.1. The summed E-state index contributed by atoms with van der Waals surface area (Å²) in [6.07, 6.45) is 1.40. The third kappa shape index (κ3) is 7.60. The fraction of sp³-hybridized carbons (Fsp3) is 0.769. The molecule has 0 saturated carbocycles. The van der Waals surface area contributed by atoms with Crippen LogP contribution in [0.2, 0.25) is 0 Å². The molecule has 0 aliphatic heterocycles. The fourth-order valence-corrected chi connectivity index (χ4v) is 1.69. The van der Waals surface area contributed by atoms with Gasteiger partial charge in [0, 0.05) is 19.5 Å². The second-order valence-corrected chi connectivity index (χ2v) is 4.56. The molecule has 0 fully saturated rings. The normalized spacial score (nSPS) is 11.6. The molecule has 0 aliphatic carbocycles. The van der Waals surface area contributed by atoms with E-state index >= 15 is 0 Å². The number of ether oxygens (including phenoxy) is 1. The average Bonchev–Trinajstić information content (AvgIpc) is 2.41. The van der Waals surface area contributed by atoms with Gasteiger partial charge < -0.3 is 20.1 Å². The van der Waals surface area contributed by atoms with Gasteiger partial charge in [0.05, 0.1) is 7.11 Å². The maximum Gasteiger partial charge on any atom is 0.325 e. The first-order valence-corrected chi connectivity index (χ1v) is 6.75. The molecule has 0 spiro atoms. The number of esters is 1. The molecule has 0 rings (SSSR count). The van der Waals surface area contributed by atoms with Crippen molar-refractivity contribution in [2.75, 3.05) is 26.7 Å². The summed E-state index contributed by atoms with van der Waals surface area (Å²) >= 11 is 0. The van der Waals surface area contributed by atoms with Gasteiger partial charge in [0.2, 0.25) is 0 Å². The van der Waals surface area contributed by atoms with Gasteiger partial charge >= 0.3 is 18.0 Å². The van der Waals surface area contributed by atoms with Crippen LogP contribution in [0.4, 0.5) is 4.79 Å². The van der Waals surface area contributed by atoms with Gasteiger partial charge in [-0.25, -0.2) is 4.79 Å². The molecule has 0 aliphatic rings. The van der Waals surface area contributed by atoms with Crippen LogP contribution >= 0.6 is 0 Å². The number of carboxylic acid groups (broad SMARTS) is 1. The summed E-state index contributed by atoms with van der Waals surface area (Å²) in [6, 6.07) is -0.374. The van der Waals surface area contributed by atoms with Crippen molar-refractivity contribution in [2.45, 2.75) is 33.1 Å². The van der Waals surface area contributed by atoms with Crippen molar-refractivity contribution >= 4 is 18.0 Å². The summed E-state index contributed by atoms with van der Waals surface area (Å²) in [6.45, 7) is 4.39. The van der Waals surface area contributed by atoms with E-state index in [2.05, 4.69) is 10.1 Å². The van der Waals surface area contributed by atoms with Crippen LogP contribution in [0.5, 0.6) is 0 Å². The van der Waals surface area contributed by atoms with Crippen LogP contribution in [-0.2, 0) is 14.3 Å². The average molecular weight is 288 g/mol. The number of urea groups is 1. The first-order valence-electron chi connectivity index (χ1n) is 6.75. The number of nitrogens with one attached hydrogen (secondary N) is 1. The summed E-state index contributed by atoms with van der Waals surface area (Å²) < 4.78 is 4.54. The van der Waals surface area contributed by atoms with Crippen LogP contribution < -0.4 is 5.32 Å². The molecule has 0 aromatic heterocycles. The van der Waals surface area contributed by atoms with Gasteiger partial charge in [0.1, 0.15) is 6.54 Å². The van der Waals surface area contributed by atoms with Crippen molar-refractivity contribution in [1.29, 1.82) is 0 Å². The minimum absolute atomic E-state index is 0.0154. The van der Waals surface area contributed by atoms with Gasteiger partial charge in [-0.05, 0) is 12.3 Å². The minimum Gasteiger partial charge on any atom is -0.481 e. The van der Waals surface area contributed by atoms with E-state index in [1.54, 1.807) is 0 Å². The Morgan fingerprint density at radius 3 is 2.40 bits per heavy atom. The van der Waals surface area contributed by atoms with Crippen molar-refractivity contribution in [2.24, 2.45) is 5.92 Å². The number of carboxylic acids is 1. The smallest absolute Gasteiger partial charge is 0.325 e. The molecule has 0 bridgehead atoms. The zero-order valence-electron chi connectivity index (χ0n) is 12.3. The number of methoxy groups -OCH3 is 1. The Bertz CT molecular complexity index is 333. The third-order valence-corrected chi connectivity index (χ3v) is 2.91. The fourth-order valence-electron chi connectivity index (χ4n) is 1.69. The Morgan fingerprint density at radius 1 is 1.30 bits per heavy atom. The Morgan fingerprint density at radius 2 is 1.95 bits per heavy atom. The van der Waals surface area contributed by atoms with Crippen molar-refractivity contribution < 1.29 is 24.2 Å². The van der Waals surface area contributed by atoms with E-state index in [-0.39, 0.29) is 31.5 Å². The largest absolute Gasteiger partial charge is 0.481 e. The SMILES string of the molecule is CCCN(CC(=O)OC)C(=O)NCC(CC)CC(=O)O. The first-order chi connectivity index (χ1) is 9.44. The second-order valence-electron chi connectivity index (χ2n) is 4.56. The molecule has 0 radical (unpaired) electrons. The van der Waals surface area contributed by atoms with Crippen LogP contribution in [-0.4, -0.2) is 54.7 Å². The summed E-state index contributed by atoms with van der Waals surface area (Å²) in [4.78, 5) is 35.2. The standard InChI is InChI=1S/C13H24N2O5/c1-4-6-15(9-12(18)20-3)13(19)14-8-10(5-2)7-11(16)17/h10H,4-9H2,1-3H3,(H,14,19)(H,16,17). The van der Waals surface area contributed by atoms with Crippen LogP contribution in [0.15, 0.2) is 0 Å². The Hall–Kier alpha value is -1.79. The number of carbonyl (C=O) groups excluding carboxylic acids is 2. The third-order valence-electron chi connectivity index (χ3n) is 2.91. The molecule has 7 nitrogen and oxygen atoms in total. The maximum absolute atomic E-state index is 12.0. The Kier molecular flexibility index (Phi) is 9.15. The van der Waals surface area contributed by atoms with Crippen molar-refractivity contribution in [1.82, 2.24) is 10.2 Å².